The van der Waals surface area contributed by atoms with Gasteiger partial charge in [-0.1, -0.05) is 19.8 Å². The van der Waals surface area contributed by atoms with Crippen LogP contribution in [0.2, 0.25) is 0 Å². The van der Waals surface area contributed by atoms with Gasteiger partial charge in [0.15, 0.2) is 0 Å². The van der Waals surface area contributed by atoms with Gasteiger partial charge in [0.2, 0.25) is 5.91 Å². The molecule has 1 amide bonds. The Hall–Kier alpha value is -0.650. The van der Waals surface area contributed by atoms with Crippen molar-refractivity contribution in [3.05, 3.63) is 0 Å². The quantitative estimate of drug-likeness (QED) is 0.812. The summed E-state index contributed by atoms with van der Waals surface area (Å²) in [7, 11) is 1.74. The molecule has 0 aromatic heterocycles. The molecule has 1 saturated carbocycles. The van der Waals surface area contributed by atoms with E-state index in [4.69, 9.17) is 10.5 Å². The molecule has 1 aliphatic carbocycles. The van der Waals surface area contributed by atoms with Crippen molar-refractivity contribution in [2.24, 2.45) is 5.73 Å². The zero-order chi connectivity index (χ0) is 14.6. The lowest BCUT2D eigenvalue weighted by Crippen LogP contribution is -2.61. The third-order valence-corrected chi connectivity index (χ3v) is 4.87. The Bertz CT molecular complexity index is 329. The topological polar surface area (TPSA) is 58.8 Å². The summed E-state index contributed by atoms with van der Waals surface area (Å²) in [6.45, 7) is 6.45. The first-order chi connectivity index (χ1) is 9.60. The average Bonchev–Trinajstić information content (AvgIpc) is 2.92. The van der Waals surface area contributed by atoms with Gasteiger partial charge in [-0.3, -0.25) is 9.69 Å². The molecule has 1 heterocycles. The molecule has 0 aromatic carbocycles. The van der Waals surface area contributed by atoms with Crippen molar-refractivity contribution in [2.75, 3.05) is 39.9 Å². The molecule has 5 nitrogen and oxygen atoms in total. The summed E-state index contributed by atoms with van der Waals surface area (Å²) in [5.41, 5.74) is 5.73. The lowest BCUT2D eigenvalue weighted by Gasteiger charge is -2.43. The van der Waals surface area contributed by atoms with Crippen LogP contribution >= 0.6 is 0 Å². The molecular formula is C15H29N3O2. The molecule has 0 aromatic rings. The predicted molar refractivity (Wildman–Crippen MR) is 79.5 cm³/mol. The molecule has 116 valence electrons. The minimum Gasteiger partial charge on any atom is -0.383 e. The summed E-state index contributed by atoms with van der Waals surface area (Å²) in [6, 6.07) is 0.438. The lowest BCUT2D eigenvalue weighted by atomic mass is 9.96. The number of piperazine rings is 1. The largest absolute Gasteiger partial charge is 0.383 e. The second-order valence-corrected chi connectivity index (χ2v) is 6.21. The van der Waals surface area contributed by atoms with Crippen molar-refractivity contribution in [3.63, 3.8) is 0 Å². The van der Waals surface area contributed by atoms with Gasteiger partial charge in [0, 0.05) is 39.3 Å². The molecule has 1 aliphatic heterocycles. The maximum absolute atomic E-state index is 12.7. The van der Waals surface area contributed by atoms with E-state index in [1.54, 1.807) is 7.11 Å². The number of rotatable bonds is 5. The second kappa shape index (κ2) is 6.87. The lowest BCUT2D eigenvalue weighted by molar-refractivity contribution is -0.140. The van der Waals surface area contributed by atoms with Gasteiger partial charge in [0.05, 0.1) is 12.1 Å². The highest BCUT2D eigenvalue weighted by Gasteiger charge is 2.41. The molecule has 1 atom stereocenters. The number of carbonyl (C=O) groups excluding carboxylic acids is 1. The fourth-order valence-electron chi connectivity index (χ4n) is 3.50. The molecule has 2 aliphatic rings. The molecule has 5 heteroatoms. The Labute approximate surface area is 122 Å². The van der Waals surface area contributed by atoms with Gasteiger partial charge in [-0.2, -0.15) is 0 Å². The van der Waals surface area contributed by atoms with Crippen LogP contribution in [-0.2, 0) is 9.53 Å². The number of nitrogens with two attached hydrogens (primary N) is 1. The molecule has 1 unspecified atom stereocenters. The molecule has 0 bridgehead atoms. The number of carbonyl (C=O) groups is 1. The Morgan fingerprint density at radius 1 is 1.35 bits per heavy atom. The highest BCUT2D eigenvalue weighted by atomic mass is 16.5. The molecule has 2 rings (SSSR count). The number of methoxy groups -OCH3 is 1. The zero-order valence-electron chi connectivity index (χ0n) is 12.9. The van der Waals surface area contributed by atoms with E-state index in [1.807, 2.05) is 4.90 Å². The van der Waals surface area contributed by atoms with E-state index in [0.29, 0.717) is 6.04 Å². The van der Waals surface area contributed by atoms with Crippen LogP contribution in [0.3, 0.4) is 0 Å². The van der Waals surface area contributed by atoms with Crippen molar-refractivity contribution in [1.82, 2.24) is 9.80 Å². The third kappa shape index (κ3) is 3.32. The van der Waals surface area contributed by atoms with Crippen molar-refractivity contribution >= 4 is 5.91 Å². The van der Waals surface area contributed by atoms with Crippen LogP contribution in [0.1, 0.15) is 39.0 Å². The van der Waals surface area contributed by atoms with Crippen LogP contribution < -0.4 is 5.73 Å². The Balaban J connectivity index is 1.93. The van der Waals surface area contributed by atoms with E-state index in [0.717, 1.165) is 64.9 Å². The summed E-state index contributed by atoms with van der Waals surface area (Å²) in [6.07, 6.45) is 4.95. The molecule has 2 N–H and O–H groups in total. The van der Waals surface area contributed by atoms with Crippen LogP contribution in [-0.4, -0.2) is 67.2 Å². The fraction of sp³-hybridized carbons (Fsp3) is 0.933. The van der Waals surface area contributed by atoms with Crippen LogP contribution in [0, 0.1) is 0 Å². The van der Waals surface area contributed by atoms with Gasteiger partial charge in [-0.25, -0.2) is 0 Å². The predicted octanol–water partition coefficient (Wildman–Crippen LogP) is 0.827. The van der Waals surface area contributed by atoms with Crippen LogP contribution in [0.15, 0.2) is 0 Å². The number of nitrogens with zero attached hydrogens (tertiary/aromatic N) is 2. The van der Waals surface area contributed by atoms with Gasteiger partial charge in [-0.15, -0.1) is 0 Å². The van der Waals surface area contributed by atoms with Crippen molar-refractivity contribution < 1.29 is 9.53 Å². The van der Waals surface area contributed by atoms with E-state index in [2.05, 4.69) is 11.8 Å². The van der Waals surface area contributed by atoms with E-state index in [1.165, 1.54) is 0 Å². The number of amides is 1. The SMILES string of the molecule is CCC1CN(C(=O)C2(N)CCCC2)CCN1CCOC. The van der Waals surface area contributed by atoms with Crippen LogP contribution in [0.5, 0.6) is 0 Å². The van der Waals surface area contributed by atoms with Gasteiger partial charge < -0.3 is 15.4 Å². The molecule has 2 fully saturated rings. The minimum atomic E-state index is -0.576. The van der Waals surface area contributed by atoms with Gasteiger partial charge in [-0.05, 0) is 19.3 Å². The van der Waals surface area contributed by atoms with Gasteiger partial charge in [0.25, 0.3) is 0 Å². The fourth-order valence-corrected chi connectivity index (χ4v) is 3.50. The first kappa shape index (κ1) is 15.7. The summed E-state index contributed by atoms with van der Waals surface area (Å²) in [5, 5.41) is 0. The number of hydrogen-bond donors (Lipinski definition) is 1. The number of ether oxygens (including phenoxy) is 1. The summed E-state index contributed by atoms with van der Waals surface area (Å²) < 4.78 is 5.17. The standard InChI is InChI=1S/C15H29N3O2/c1-3-13-12-18(9-8-17(13)10-11-20-2)14(19)15(16)6-4-5-7-15/h13H,3-12,16H2,1-2H3. The Morgan fingerprint density at radius 2 is 2.05 bits per heavy atom. The minimum absolute atomic E-state index is 0.180. The molecular weight excluding hydrogens is 254 g/mol. The molecule has 20 heavy (non-hydrogen) atoms. The van der Waals surface area contributed by atoms with Gasteiger partial charge >= 0.3 is 0 Å². The third-order valence-electron chi connectivity index (χ3n) is 4.87. The Kier molecular flexibility index (Phi) is 5.41. The van der Waals surface area contributed by atoms with Crippen molar-refractivity contribution in [2.45, 2.75) is 50.6 Å². The zero-order valence-corrected chi connectivity index (χ0v) is 12.9. The van der Waals surface area contributed by atoms with E-state index in [-0.39, 0.29) is 5.91 Å². The smallest absolute Gasteiger partial charge is 0.242 e. The van der Waals surface area contributed by atoms with E-state index >= 15 is 0 Å². The van der Waals surface area contributed by atoms with Crippen molar-refractivity contribution in [3.8, 4) is 0 Å². The van der Waals surface area contributed by atoms with E-state index < -0.39 is 5.54 Å². The summed E-state index contributed by atoms with van der Waals surface area (Å²) in [4.78, 5) is 17.1. The Morgan fingerprint density at radius 3 is 2.65 bits per heavy atom. The summed E-state index contributed by atoms with van der Waals surface area (Å²) >= 11 is 0. The molecule has 1 saturated heterocycles. The van der Waals surface area contributed by atoms with Crippen LogP contribution in [0.25, 0.3) is 0 Å². The monoisotopic (exact) mass is 283 g/mol. The highest BCUT2D eigenvalue weighted by molar-refractivity contribution is 5.86. The first-order valence-corrected chi connectivity index (χ1v) is 7.92. The van der Waals surface area contributed by atoms with Crippen LogP contribution in [0.4, 0.5) is 0 Å². The van der Waals surface area contributed by atoms with Crippen molar-refractivity contribution in [1.29, 1.82) is 0 Å². The summed E-state index contributed by atoms with van der Waals surface area (Å²) in [5.74, 6) is 0.180. The first-order valence-electron chi connectivity index (χ1n) is 7.92. The van der Waals surface area contributed by atoms with Gasteiger partial charge in [0.1, 0.15) is 0 Å². The number of hydrogen-bond acceptors (Lipinski definition) is 4. The second-order valence-electron chi connectivity index (χ2n) is 6.21. The average molecular weight is 283 g/mol. The maximum atomic E-state index is 12.7. The highest BCUT2D eigenvalue weighted by Crippen LogP contribution is 2.29. The normalized spacial score (nSPS) is 26.9. The maximum Gasteiger partial charge on any atom is 0.242 e. The molecule has 0 spiro atoms. The molecule has 0 radical (unpaired) electrons. The van der Waals surface area contributed by atoms with E-state index in [9.17, 15) is 4.79 Å².